The fourth-order valence-electron chi connectivity index (χ4n) is 2.47. The lowest BCUT2D eigenvalue weighted by Gasteiger charge is -2.23. The summed E-state index contributed by atoms with van der Waals surface area (Å²) in [5.74, 6) is 5.95. The molecule has 0 aromatic heterocycles. The van der Waals surface area contributed by atoms with Crippen molar-refractivity contribution < 1.29 is 9.53 Å². The van der Waals surface area contributed by atoms with Crippen LogP contribution in [0.15, 0.2) is 24.3 Å². The van der Waals surface area contributed by atoms with Crippen LogP contribution in [0.1, 0.15) is 32.1 Å². The number of ether oxygens (including phenoxy) is 1. The van der Waals surface area contributed by atoms with Crippen LogP contribution in [0.2, 0.25) is 0 Å². The number of nitrogens with one attached hydrogen (secondary N) is 1. The number of nitrogens with two attached hydrogens (primary N) is 1. The van der Waals surface area contributed by atoms with E-state index in [4.69, 9.17) is 10.6 Å². The molecule has 0 unspecified atom stereocenters. The van der Waals surface area contributed by atoms with Crippen molar-refractivity contribution in [3.8, 4) is 5.75 Å². The third-order valence-electron chi connectivity index (χ3n) is 3.53. The molecular weight excluding hydrogens is 254 g/mol. The number of amides is 1. The second-order valence-corrected chi connectivity index (χ2v) is 5.03. The number of benzene rings is 1. The lowest BCUT2D eigenvalue weighted by Crippen LogP contribution is -2.29. The Labute approximate surface area is 120 Å². The minimum Gasteiger partial charge on any atom is -0.491 e. The van der Waals surface area contributed by atoms with Crippen molar-refractivity contribution in [2.75, 3.05) is 24.6 Å². The molecule has 2 rings (SSSR count). The molecule has 0 spiro atoms. The Balaban J connectivity index is 1.79. The Morgan fingerprint density at radius 3 is 3.00 bits per heavy atom. The molecule has 0 radical (unpaired) electrons. The second kappa shape index (κ2) is 7.75. The maximum atomic E-state index is 11.0. The SMILES string of the molecule is NNC(=O)CCCCCN1CCCOc2ccccc21. The number of hydrogen-bond acceptors (Lipinski definition) is 4. The zero-order valence-electron chi connectivity index (χ0n) is 11.8. The Morgan fingerprint density at radius 2 is 2.15 bits per heavy atom. The quantitative estimate of drug-likeness (QED) is 0.360. The zero-order valence-corrected chi connectivity index (χ0v) is 11.8. The molecule has 0 aliphatic carbocycles. The molecule has 0 fully saturated rings. The van der Waals surface area contributed by atoms with Crippen LogP contribution < -0.4 is 20.9 Å². The molecule has 3 N–H and O–H groups in total. The molecule has 1 aliphatic rings. The van der Waals surface area contributed by atoms with Gasteiger partial charge in [0.2, 0.25) is 5.91 Å². The van der Waals surface area contributed by atoms with Gasteiger partial charge < -0.3 is 9.64 Å². The van der Waals surface area contributed by atoms with Gasteiger partial charge in [-0.2, -0.15) is 0 Å². The number of fused-ring (bicyclic) bond motifs is 1. The summed E-state index contributed by atoms with van der Waals surface area (Å²) in [6.45, 7) is 2.81. The number of hydrazine groups is 1. The maximum Gasteiger partial charge on any atom is 0.233 e. The van der Waals surface area contributed by atoms with Crippen LogP contribution in [0.4, 0.5) is 5.69 Å². The Bertz CT molecular complexity index is 437. The van der Waals surface area contributed by atoms with Crippen LogP contribution in [0.5, 0.6) is 5.75 Å². The molecule has 5 heteroatoms. The number of unbranched alkanes of at least 4 members (excludes halogenated alkanes) is 2. The van der Waals surface area contributed by atoms with Crippen molar-refractivity contribution in [2.24, 2.45) is 5.84 Å². The predicted molar refractivity (Wildman–Crippen MR) is 79.6 cm³/mol. The summed E-state index contributed by atoms with van der Waals surface area (Å²) < 4.78 is 5.74. The predicted octanol–water partition coefficient (Wildman–Crippen LogP) is 1.83. The first kappa shape index (κ1) is 14.7. The van der Waals surface area contributed by atoms with Crippen LogP contribution in [0, 0.1) is 0 Å². The molecule has 1 heterocycles. The standard InChI is InChI=1S/C15H23N3O2/c16-17-15(19)9-2-1-5-10-18-11-6-12-20-14-8-4-3-7-13(14)18/h3-4,7-8H,1-2,5-6,9-12,16H2,(H,17,19). The molecule has 0 bridgehead atoms. The van der Waals surface area contributed by atoms with Crippen molar-refractivity contribution >= 4 is 11.6 Å². The summed E-state index contributed by atoms with van der Waals surface area (Å²) in [6.07, 6.45) is 4.55. The molecule has 5 nitrogen and oxygen atoms in total. The number of carbonyl (C=O) groups is 1. The minimum atomic E-state index is -0.0847. The molecule has 0 atom stereocenters. The van der Waals surface area contributed by atoms with Crippen LogP contribution in [-0.4, -0.2) is 25.6 Å². The molecular formula is C15H23N3O2. The molecule has 0 saturated carbocycles. The van der Waals surface area contributed by atoms with Gasteiger partial charge in [-0.15, -0.1) is 0 Å². The lowest BCUT2D eigenvalue weighted by molar-refractivity contribution is -0.121. The van der Waals surface area contributed by atoms with Crippen LogP contribution in [-0.2, 0) is 4.79 Å². The summed E-state index contributed by atoms with van der Waals surface area (Å²) in [6, 6.07) is 8.20. The largest absolute Gasteiger partial charge is 0.491 e. The fourth-order valence-corrected chi connectivity index (χ4v) is 2.47. The molecule has 1 amide bonds. The average Bonchev–Trinajstić information content (AvgIpc) is 2.69. The smallest absolute Gasteiger partial charge is 0.233 e. The van der Waals surface area contributed by atoms with E-state index in [0.717, 1.165) is 51.1 Å². The van der Waals surface area contributed by atoms with E-state index in [1.54, 1.807) is 0 Å². The van der Waals surface area contributed by atoms with Gasteiger partial charge in [0.05, 0.1) is 12.3 Å². The number of rotatable bonds is 6. The van der Waals surface area contributed by atoms with Crippen molar-refractivity contribution in [1.29, 1.82) is 0 Å². The van der Waals surface area contributed by atoms with Crippen LogP contribution in [0.3, 0.4) is 0 Å². The highest BCUT2D eigenvalue weighted by atomic mass is 16.5. The molecule has 1 aromatic rings. The molecule has 1 aliphatic heterocycles. The highest BCUT2D eigenvalue weighted by Crippen LogP contribution is 2.30. The van der Waals surface area contributed by atoms with E-state index >= 15 is 0 Å². The second-order valence-electron chi connectivity index (χ2n) is 5.03. The third-order valence-corrected chi connectivity index (χ3v) is 3.53. The first-order chi connectivity index (χ1) is 9.81. The highest BCUT2D eigenvalue weighted by molar-refractivity contribution is 5.75. The van der Waals surface area contributed by atoms with Gasteiger partial charge in [-0.25, -0.2) is 5.84 Å². The molecule has 1 aromatic carbocycles. The van der Waals surface area contributed by atoms with Crippen molar-refractivity contribution in [1.82, 2.24) is 5.43 Å². The zero-order chi connectivity index (χ0) is 14.2. The van der Waals surface area contributed by atoms with Crippen molar-refractivity contribution in [3.63, 3.8) is 0 Å². The van der Waals surface area contributed by atoms with Gasteiger partial charge in [0.15, 0.2) is 0 Å². The van der Waals surface area contributed by atoms with Crippen LogP contribution in [0.25, 0.3) is 0 Å². The van der Waals surface area contributed by atoms with E-state index < -0.39 is 0 Å². The number of anilines is 1. The van der Waals surface area contributed by atoms with Crippen molar-refractivity contribution in [3.05, 3.63) is 24.3 Å². The van der Waals surface area contributed by atoms with Crippen LogP contribution >= 0.6 is 0 Å². The van der Waals surface area contributed by atoms with Crippen molar-refractivity contribution in [2.45, 2.75) is 32.1 Å². The van der Waals surface area contributed by atoms with Gasteiger partial charge >= 0.3 is 0 Å². The first-order valence-corrected chi connectivity index (χ1v) is 7.27. The third kappa shape index (κ3) is 4.13. The van der Waals surface area contributed by atoms with E-state index in [2.05, 4.69) is 16.4 Å². The van der Waals surface area contributed by atoms with E-state index in [1.807, 2.05) is 18.2 Å². The number of hydrogen-bond donors (Lipinski definition) is 2. The lowest BCUT2D eigenvalue weighted by atomic mass is 10.1. The van der Waals surface area contributed by atoms with Gasteiger partial charge in [0.1, 0.15) is 5.75 Å². The summed E-state index contributed by atoms with van der Waals surface area (Å²) in [5.41, 5.74) is 3.35. The average molecular weight is 277 g/mol. The minimum absolute atomic E-state index is 0.0847. The van der Waals surface area contributed by atoms with Gasteiger partial charge in [0.25, 0.3) is 0 Å². The van der Waals surface area contributed by atoms with E-state index in [1.165, 1.54) is 5.69 Å². The maximum absolute atomic E-state index is 11.0. The Hall–Kier alpha value is -1.75. The van der Waals surface area contributed by atoms with E-state index in [9.17, 15) is 4.79 Å². The van der Waals surface area contributed by atoms with Gasteiger partial charge in [-0.3, -0.25) is 10.2 Å². The molecule has 0 saturated heterocycles. The van der Waals surface area contributed by atoms with E-state index in [0.29, 0.717) is 6.42 Å². The van der Waals surface area contributed by atoms with Gasteiger partial charge in [-0.1, -0.05) is 18.6 Å². The highest BCUT2D eigenvalue weighted by Gasteiger charge is 2.15. The summed E-state index contributed by atoms with van der Waals surface area (Å²) >= 11 is 0. The summed E-state index contributed by atoms with van der Waals surface area (Å²) in [5, 5.41) is 0. The molecule has 110 valence electrons. The monoisotopic (exact) mass is 277 g/mol. The molecule has 20 heavy (non-hydrogen) atoms. The first-order valence-electron chi connectivity index (χ1n) is 7.27. The number of para-hydroxylation sites is 2. The van der Waals surface area contributed by atoms with Gasteiger partial charge in [-0.05, 0) is 31.4 Å². The Morgan fingerprint density at radius 1 is 1.30 bits per heavy atom. The Kier molecular flexibility index (Phi) is 5.68. The number of carbonyl (C=O) groups excluding carboxylic acids is 1. The normalized spacial score (nSPS) is 14.2. The summed E-state index contributed by atoms with van der Waals surface area (Å²) in [4.78, 5) is 13.4. The fraction of sp³-hybridized carbons (Fsp3) is 0.533. The summed E-state index contributed by atoms with van der Waals surface area (Å²) in [7, 11) is 0. The van der Waals surface area contributed by atoms with E-state index in [-0.39, 0.29) is 5.91 Å². The van der Waals surface area contributed by atoms with Gasteiger partial charge in [0, 0.05) is 19.5 Å². The topological polar surface area (TPSA) is 67.6 Å². The number of nitrogens with zero attached hydrogens (tertiary/aromatic N) is 1.